The minimum atomic E-state index is -4.64. The topological polar surface area (TPSA) is 29.5 Å². The van der Waals surface area contributed by atoms with Crippen LogP contribution in [0.5, 0.6) is 0 Å². The maximum Gasteiger partial charge on any atom is 0.523 e. The van der Waals surface area contributed by atoms with E-state index < -0.39 is 12.5 Å². The zero-order valence-electron chi connectivity index (χ0n) is 8.51. The number of halogens is 3. The van der Waals surface area contributed by atoms with Gasteiger partial charge in [0.05, 0.1) is 6.10 Å². The Bertz CT molecular complexity index is 290. The van der Waals surface area contributed by atoms with E-state index >= 15 is 0 Å². The van der Waals surface area contributed by atoms with E-state index in [1.807, 2.05) is 0 Å². The van der Waals surface area contributed by atoms with Crippen molar-refractivity contribution in [3.63, 3.8) is 0 Å². The van der Waals surface area contributed by atoms with Gasteiger partial charge in [0.1, 0.15) is 5.76 Å². The summed E-state index contributed by atoms with van der Waals surface area (Å²) in [5.41, 5.74) is 0.465. The highest BCUT2D eigenvalue weighted by Crippen LogP contribution is 2.30. The van der Waals surface area contributed by atoms with Gasteiger partial charge in [-0.3, -0.25) is 4.74 Å². The molecule has 5 heteroatoms. The van der Waals surface area contributed by atoms with Gasteiger partial charge >= 0.3 is 6.36 Å². The van der Waals surface area contributed by atoms with Gasteiger partial charge in [-0.25, -0.2) is 0 Å². The van der Waals surface area contributed by atoms with E-state index in [2.05, 4.69) is 4.74 Å². The summed E-state index contributed by atoms with van der Waals surface area (Å²) in [4.78, 5) is 0. The van der Waals surface area contributed by atoms with Crippen LogP contribution in [0.1, 0.15) is 20.3 Å². The van der Waals surface area contributed by atoms with Gasteiger partial charge in [-0.2, -0.15) is 0 Å². The molecule has 15 heavy (non-hydrogen) atoms. The third-order valence-electron chi connectivity index (χ3n) is 2.17. The maximum atomic E-state index is 12.0. The van der Waals surface area contributed by atoms with Crippen LogP contribution in [0.3, 0.4) is 0 Å². The van der Waals surface area contributed by atoms with Crippen LogP contribution in [0.2, 0.25) is 0 Å². The van der Waals surface area contributed by atoms with Crippen LogP contribution in [0.4, 0.5) is 13.2 Å². The Balaban J connectivity index is 2.79. The van der Waals surface area contributed by atoms with Crippen molar-refractivity contribution in [1.82, 2.24) is 0 Å². The Hall–Kier alpha value is -0.970. The third kappa shape index (κ3) is 3.58. The number of rotatable bonds is 2. The van der Waals surface area contributed by atoms with Gasteiger partial charge in [-0.15, -0.1) is 13.2 Å². The molecular formula is C10H13F3O2. The molecule has 0 fully saturated rings. The normalized spacial score (nSPS) is 22.7. The second-order valence-corrected chi connectivity index (χ2v) is 3.72. The first kappa shape index (κ1) is 12.1. The summed E-state index contributed by atoms with van der Waals surface area (Å²) in [6, 6.07) is 0. The second-order valence-electron chi connectivity index (χ2n) is 3.72. The van der Waals surface area contributed by atoms with Gasteiger partial charge in [0.2, 0.25) is 0 Å². The molecule has 0 aromatic carbocycles. The van der Waals surface area contributed by atoms with E-state index in [9.17, 15) is 18.3 Å². The van der Waals surface area contributed by atoms with E-state index in [1.165, 1.54) is 12.2 Å². The number of ether oxygens (including phenoxy) is 1. The molecule has 1 aliphatic rings. The molecule has 1 unspecified atom stereocenters. The molecule has 0 saturated heterocycles. The summed E-state index contributed by atoms with van der Waals surface area (Å²) in [5, 5.41) is 9.19. The van der Waals surface area contributed by atoms with Crippen molar-refractivity contribution in [1.29, 1.82) is 0 Å². The van der Waals surface area contributed by atoms with Crippen LogP contribution < -0.4 is 0 Å². The molecule has 0 aromatic rings. The van der Waals surface area contributed by atoms with E-state index in [0.717, 1.165) is 0 Å². The van der Waals surface area contributed by atoms with E-state index in [0.29, 0.717) is 5.57 Å². The molecule has 1 rings (SSSR count). The average molecular weight is 222 g/mol. The molecule has 0 saturated carbocycles. The van der Waals surface area contributed by atoms with Gasteiger partial charge in [0, 0.05) is 0 Å². The van der Waals surface area contributed by atoms with Gasteiger partial charge < -0.3 is 5.11 Å². The fraction of sp³-hybridized carbons (Fsp3) is 0.600. The first-order valence-electron chi connectivity index (χ1n) is 4.64. The minimum absolute atomic E-state index is 0.000671. The molecule has 1 aliphatic carbocycles. The summed E-state index contributed by atoms with van der Waals surface area (Å²) in [7, 11) is 0. The van der Waals surface area contributed by atoms with Crippen molar-refractivity contribution in [2.75, 3.05) is 0 Å². The molecule has 1 atom stereocenters. The van der Waals surface area contributed by atoms with Crippen molar-refractivity contribution >= 4 is 0 Å². The lowest BCUT2D eigenvalue weighted by atomic mass is 9.91. The summed E-state index contributed by atoms with van der Waals surface area (Å²) in [6.07, 6.45) is -2.94. The van der Waals surface area contributed by atoms with Crippen molar-refractivity contribution in [2.45, 2.75) is 32.7 Å². The highest BCUT2D eigenvalue weighted by molar-refractivity contribution is 5.27. The molecule has 1 N–H and O–H groups in total. The zero-order valence-corrected chi connectivity index (χ0v) is 8.51. The Labute approximate surface area is 86.0 Å². The maximum absolute atomic E-state index is 12.0. The van der Waals surface area contributed by atoms with Gasteiger partial charge in [-0.05, 0) is 30.1 Å². The summed E-state index contributed by atoms with van der Waals surface area (Å²) in [5.74, 6) is -0.0890. The number of allylic oxidation sites excluding steroid dienone is 1. The van der Waals surface area contributed by atoms with Crippen molar-refractivity contribution in [3.8, 4) is 0 Å². The first-order valence-corrected chi connectivity index (χ1v) is 4.64. The molecule has 0 aromatic heterocycles. The monoisotopic (exact) mass is 222 g/mol. The van der Waals surface area contributed by atoms with Crippen LogP contribution in [-0.2, 0) is 4.74 Å². The van der Waals surface area contributed by atoms with Crippen LogP contribution in [-0.4, -0.2) is 17.6 Å². The molecule has 86 valence electrons. The Morgan fingerprint density at radius 3 is 2.53 bits per heavy atom. The summed E-state index contributed by atoms with van der Waals surface area (Å²) >= 11 is 0. The van der Waals surface area contributed by atoms with Gasteiger partial charge in [0.15, 0.2) is 0 Å². The van der Waals surface area contributed by atoms with E-state index in [1.54, 1.807) is 13.8 Å². The van der Waals surface area contributed by atoms with Crippen LogP contribution in [0, 0.1) is 5.92 Å². The Morgan fingerprint density at radius 2 is 2.07 bits per heavy atom. The standard InChI is InChI=1S/C10H13F3O2/c1-6(2)8-5-7(14)3-4-9(8)15-10(11,12)13/h3,5-6,9,14H,4H2,1-2H3. The number of hydrogen-bond donors (Lipinski definition) is 1. The number of alkyl halides is 3. The van der Waals surface area contributed by atoms with E-state index in [4.69, 9.17) is 0 Å². The van der Waals surface area contributed by atoms with Crippen LogP contribution >= 0.6 is 0 Å². The smallest absolute Gasteiger partial charge is 0.508 e. The minimum Gasteiger partial charge on any atom is -0.508 e. The average Bonchev–Trinajstić information content (AvgIpc) is 2.05. The molecular weight excluding hydrogens is 209 g/mol. The van der Waals surface area contributed by atoms with E-state index in [-0.39, 0.29) is 18.1 Å². The SMILES string of the molecule is CC(C)C1=CC(O)=CCC1OC(F)(F)F. The van der Waals surface area contributed by atoms with Gasteiger partial charge in [0.25, 0.3) is 0 Å². The molecule has 0 amide bonds. The molecule has 0 heterocycles. The number of hydrogen-bond acceptors (Lipinski definition) is 2. The zero-order chi connectivity index (χ0) is 11.6. The molecule has 0 bridgehead atoms. The Morgan fingerprint density at radius 1 is 1.47 bits per heavy atom. The number of aliphatic hydroxyl groups excluding tert-OH is 1. The lowest BCUT2D eigenvalue weighted by Gasteiger charge is -2.26. The fourth-order valence-corrected chi connectivity index (χ4v) is 1.50. The Kier molecular flexibility index (Phi) is 3.44. The molecule has 0 spiro atoms. The summed E-state index contributed by atoms with van der Waals surface area (Å²) < 4.78 is 40.1. The third-order valence-corrected chi connectivity index (χ3v) is 2.17. The largest absolute Gasteiger partial charge is 0.523 e. The highest BCUT2D eigenvalue weighted by Gasteiger charge is 2.36. The van der Waals surface area contributed by atoms with Crippen LogP contribution in [0.25, 0.3) is 0 Å². The predicted octanol–water partition coefficient (Wildman–Crippen LogP) is 3.32. The van der Waals surface area contributed by atoms with Crippen molar-refractivity contribution in [2.24, 2.45) is 5.92 Å². The second kappa shape index (κ2) is 4.26. The number of aliphatic hydroxyl groups is 1. The van der Waals surface area contributed by atoms with Gasteiger partial charge in [-0.1, -0.05) is 13.8 Å². The van der Waals surface area contributed by atoms with Crippen LogP contribution in [0.15, 0.2) is 23.5 Å². The lowest BCUT2D eigenvalue weighted by Crippen LogP contribution is -2.28. The fourth-order valence-electron chi connectivity index (χ4n) is 1.50. The van der Waals surface area contributed by atoms with Crippen molar-refractivity contribution < 1.29 is 23.0 Å². The predicted molar refractivity (Wildman–Crippen MR) is 49.2 cm³/mol. The quantitative estimate of drug-likeness (QED) is 0.776. The summed E-state index contributed by atoms with van der Waals surface area (Å²) in [6.45, 7) is 3.52. The first-order chi connectivity index (χ1) is 6.79. The highest BCUT2D eigenvalue weighted by atomic mass is 19.4. The molecule has 0 aliphatic heterocycles. The molecule has 2 nitrogen and oxygen atoms in total. The lowest BCUT2D eigenvalue weighted by molar-refractivity contribution is -0.338. The molecule has 0 radical (unpaired) electrons. The van der Waals surface area contributed by atoms with Crippen molar-refractivity contribution in [3.05, 3.63) is 23.5 Å².